The summed E-state index contributed by atoms with van der Waals surface area (Å²) in [6.07, 6.45) is 0.410. The van der Waals surface area contributed by atoms with E-state index in [4.69, 9.17) is 5.26 Å². The third kappa shape index (κ3) is 3.63. The smallest absolute Gasteiger partial charge is 0.243 e. The zero-order valence-corrected chi connectivity index (χ0v) is 11.3. The van der Waals surface area contributed by atoms with Crippen molar-refractivity contribution in [2.24, 2.45) is 5.92 Å². The largest absolute Gasteiger partial charge is 0.301 e. The van der Waals surface area contributed by atoms with Crippen LogP contribution in [-0.2, 0) is 11.2 Å². The number of anilines is 1. The number of rotatable bonds is 4. The van der Waals surface area contributed by atoms with Gasteiger partial charge < -0.3 is 5.32 Å². The Morgan fingerprint density at radius 1 is 1.47 bits per heavy atom. The fourth-order valence-electron chi connectivity index (χ4n) is 1.65. The maximum atomic E-state index is 12.0. The molecule has 1 N–H and O–H groups in total. The Bertz CT molecular complexity index is 601. The summed E-state index contributed by atoms with van der Waals surface area (Å²) in [4.78, 5) is 16.1. The van der Waals surface area contributed by atoms with Gasteiger partial charge in [-0.05, 0) is 18.9 Å². The first-order chi connectivity index (χ1) is 9.19. The predicted octanol–water partition coefficient (Wildman–Crippen LogP) is 2.77. The number of hydrogen-bond acceptors (Lipinski definition) is 4. The number of nitrogens with zero attached hydrogens (tertiary/aromatic N) is 2. The molecule has 0 aliphatic heterocycles. The highest BCUT2D eigenvalue weighted by Gasteiger charge is 2.19. The quantitative estimate of drug-likeness (QED) is 0.929. The molecule has 2 aromatic rings. The van der Waals surface area contributed by atoms with E-state index in [-0.39, 0.29) is 5.91 Å². The Balaban J connectivity index is 2.02. The van der Waals surface area contributed by atoms with Gasteiger partial charge in [-0.3, -0.25) is 4.79 Å². The number of aromatic nitrogens is 1. The Hall–Kier alpha value is -2.19. The van der Waals surface area contributed by atoms with Gasteiger partial charge in [0.2, 0.25) is 5.91 Å². The molecule has 0 spiro atoms. The molecule has 0 radical (unpaired) electrons. The lowest BCUT2D eigenvalue weighted by molar-refractivity contribution is -0.118. The predicted molar refractivity (Wildman–Crippen MR) is 74.7 cm³/mol. The van der Waals surface area contributed by atoms with Crippen molar-refractivity contribution >= 4 is 22.4 Å². The van der Waals surface area contributed by atoms with E-state index < -0.39 is 5.92 Å². The van der Waals surface area contributed by atoms with Crippen LogP contribution in [0, 0.1) is 24.2 Å². The molecule has 0 aliphatic rings. The Morgan fingerprint density at radius 2 is 2.21 bits per heavy atom. The van der Waals surface area contributed by atoms with Crippen LogP contribution in [0.25, 0.3) is 0 Å². The zero-order chi connectivity index (χ0) is 13.7. The van der Waals surface area contributed by atoms with Crippen molar-refractivity contribution in [2.45, 2.75) is 13.3 Å². The van der Waals surface area contributed by atoms with Crippen molar-refractivity contribution in [2.75, 3.05) is 5.32 Å². The third-order valence-electron chi connectivity index (χ3n) is 2.60. The van der Waals surface area contributed by atoms with Gasteiger partial charge in [-0.25, -0.2) is 4.98 Å². The lowest BCUT2D eigenvalue weighted by atomic mass is 10.00. The molecule has 0 fully saturated rings. The van der Waals surface area contributed by atoms with E-state index >= 15 is 0 Å². The van der Waals surface area contributed by atoms with Crippen LogP contribution < -0.4 is 5.32 Å². The molecule has 2 rings (SSSR count). The molecule has 0 saturated carbocycles. The summed E-state index contributed by atoms with van der Waals surface area (Å²) in [5, 5.41) is 14.2. The number of thiazole rings is 1. The highest BCUT2D eigenvalue weighted by molar-refractivity contribution is 7.13. The van der Waals surface area contributed by atoms with E-state index in [1.54, 1.807) is 0 Å². The normalized spacial score (nSPS) is 11.6. The maximum Gasteiger partial charge on any atom is 0.243 e. The minimum absolute atomic E-state index is 0.305. The molecule has 4 nitrogen and oxygen atoms in total. The summed E-state index contributed by atoms with van der Waals surface area (Å²) in [5.41, 5.74) is 1.83. The fourth-order valence-corrected chi connectivity index (χ4v) is 2.34. The summed E-state index contributed by atoms with van der Waals surface area (Å²) < 4.78 is 0. The van der Waals surface area contributed by atoms with E-state index in [9.17, 15) is 4.79 Å². The van der Waals surface area contributed by atoms with Gasteiger partial charge in [-0.2, -0.15) is 5.26 Å². The van der Waals surface area contributed by atoms with Crippen LogP contribution in [0.4, 0.5) is 5.13 Å². The number of carbonyl (C=O) groups is 1. The van der Waals surface area contributed by atoms with E-state index in [1.165, 1.54) is 11.3 Å². The maximum absolute atomic E-state index is 12.0. The van der Waals surface area contributed by atoms with Gasteiger partial charge in [0.25, 0.3) is 0 Å². The standard InChI is InChI=1S/C14H13N3OS/c1-10-9-19-14(16-10)17-13(18)12(8-15)7-11-5-3-2-4-6-11/h2-6,9,12H,7H2,1H3,(H,16,17,18). The first-order valence-corrected chi connectivity index (χ1v) is 6.73. The van der Waals surface area contributed by atoms with Gasteiger partial charge >= 0.3 is 0 Å². The van der Waals surface area contributed by atoms with E-state index in [2.05, 4.69) is 10.3 Å². The van der Waals surface area contributed by atoms with Gasteiger partial charge in [0.15, 0.2) is 5.13 Å². The van der Waals surface area contributed by atoms with Gasteiger partial charge in [0.05, 0.1) is 11.8 Å². The molecule has 5 heteroatoms. The lowest BCUT2D eigenvalue weighted by Crippen LogP contribution is -2.23. The van der Waals surface area contributed by atoms with Crippen LogP contribution in [0.15, 0.2) is 35.7 Å². The van der Waals surface area contributed by atoms with Gasteiger partial charge in [-0.15, -0.1) is 11.3 Å². The summed E-state index contributed by atoms with van der Waals surface area (Å²) in [7, 11) is 0. The Kier molecular flexibility index (Phi) is 4.26. The topological polar surface area (TPSA) is 65.8 Å². The average Bonchev–Trinajstić information content (AvgIpc) is 2.82. The van der Waals surface area contributed by atoms with Crippen LogP contribution in [0.5, 0.6) is 0 Å². The number of nitriles is 1. The summed E-state index contributed by atoms with van der Waals surface area (Å²) >= 11 is 1.36. The van der Waals surface area contributed by atoms with Crippen LogP contribution >= 0.6 is 11.3 Å². The van der Waals surface area contributed by atoms with Gasteiger partial charge in [-0.1, -0.05) is 30.3 Å². The zero-order valence-electron chi connectivity index (χ0n) is 10.5. The van der Waals surface area contributed by atoms with Crippen molar-refractivity contribution < 1.29 is 4.79 Å². The van der Waals surface area contributed by atoms with Crippen molar-refractivity contribution in [3.63, 3.8) is 0 Å². The summed E-state index contributed by atoms with van der Waals surface area (Å²) in [6, 6.07) is 11.6. The number of aryl methyl sites for hydroxylation is 1. The molecule has 1 aromatic carbocycles. The average molecular weight is 271 g/mol. The van der Waals surface area contributed by atoms with E-state index in [1.807, 2.05) is 48.7 Å². The summed E-state index contributed by atoms with van der Waals surface area (Å²) in [5.74, 6) is -1.01. The Morgan fingerprint density at radius 3 is 2.79 bits per heavy atom. The molecule has 1 heterocycles. The third-order valence-corrected chi connectivity index (χ3v) is 3.48. The molecule has 1 amide bonds. The highest BCUT2D eigenvalue weighted by atomic mass is 32.1. The number of carbonyl (C=O) groups excluding carboxylic acids is 1. The number of nitrogens with one attached hydrogen (secondary N) is 1. The monoisotopic (exact) mass is 271 g/mol. The molecule has 1 aromatic heterocycles. The SMILES string of the molecule is Cc1csc(NC(=O)C(C#N)Cc2ccccc2)n1. The number of hydrogen-bond donors (Lipinski definition) is 1. The van der Waals surface area contributed by atoms with Gasteiger partial charge in [0.1, 0.15) is 5.92 Å². The van der Waals surface area contributed by atoms with Crippen LogP contribution in [0.3, 0.4) is 0 Å². The molecule has 96 valence electrons. The van der Waals surface area contributed by atoms with Crippen molar-refractivity contribution in [1.29, 1.82) is 5.26 Å². The molecule has 19 heavy (non-hydrogen) atoms. The molecule has 0 aliphatic carbocycles. The van der Waals surface area contributed by atoms with Crippen molar-refractivity contribution in [3.8, 4) is 6.07 Å². The molecule has 1 unspecified atom stereocenters. The molecule has 1 atom stereocenters. The van der Waals surface area contributed by atoms with Crippen LogP contribution in [0.1, 0.15) is 11.3 Å². The minimum Gasteiger partial charge on any atom is -0.301 e. The molecular weight excluding hydrogens is 258 g/mol. The van der Waals surface area contributed by atoms with Crippen molar-refractivity contribution in [3.05, 3.63) is 47.0 Å². The van der Waals surface area contributed by atoms with E-state index in [0.29, 0.717) is 11.6 Å². The number of amides is 1. The second-order valence-electron chi connectivity index (χ2n) is 4.15. The van der Waals surface area contributed by atoms with Gasteiger partial charge in [0, 0.05) is 5.38 Å². The van der Waals surface area contributed by atoms with Crippen molar-refractivity contribution in [1.82, 2.24) is 4.98 Å². The summed E-state index contributed by atoms with van der Waals surface area (Å²) in [6.45, 7) is 1.86. The first kappa shape index (κ1) is 13.2. The second-order valence-corrected chi connectivity index (χ2v) is 5.01. The Labute approximate surface area is 115 Å². The molecular formula is C14H13N3OS. The highest BCUT2D eigenvalue weighted by Crippen LogP contribution is 2.16. The van der Waals surface area contributed by atoms with Crippen LogP contribution in [-0.4, -0.2) is 10.9 Å². The lowest BCUT2D eigenvalue weighted by Gasteiger charge is -2.08. The van der Waals surface area contributed by atoms with E-state index in [0.717, 1.165) is 11.3 Å². The van der Waals surface area contributed by atoms with Crippen LogP contribution in [0.2, 0.25) is 0 Å². The molecule has 0 saturated heterocycles. The fraction of sp³-hybridized carbons (Fsp3) is 0.214. The number of benzene rings is 1. The first-order valence-electron chi connectivity index (χ1n) is 5.85. The second kappa shape index (κ2) is 6.12. The molecule has 0 bridgehead atoms. The minimum atomic E-state index is -0.702.